The molecule has 1 aromatic heterocycles. The van der Waals surface area contributed by atoms with E-state index in [0.717, 1.165) is 5.56 Å². The zero-order valence-corrected chi connectivity index (χ0v) is 8.68. The van der Waals surface area contributed by atoms with E-state index in [9.17, 15) is 4.39 Å². The van der Waals surface area contributed by atoms with Gasteiger partial charge in [-0.15, -0.1) is 0 Å². The first-order valence-electron chi connectivity index (χ1n) is 4.26. The van der Waals surface area contributed by atoms with Crippen LogP contribution in [-0.2, 0) is 0 Å². The maximum Gasteiger partial charge on any atom is 0.172 e. The van der Waals surface area contributed by atoms with E-state index in [1.165, 1.54) is 6.07 Å². The summed E-state index contributed by atoms with van der Waals surface area (Å²) in [6.07, 6.45) is 0. The summed E-state index contributed by atoms with van der Waals surface area (Å²) in [5.41, 5.74) is 6.49. The highest BCUT2D eigenvalue weighted by Crippen LogP contribution is 2.29. The van der Waals surface area contributed by atoms with E-state index in [0.29, 0.717) is 0 Å². The van der Waals surface area contributed by atoms with Gasteiger partial charge in [0.25, 0.3) is 0 Å². The second-order valence-electron chi connectivity index (χ2n) is 3.22. The first-order chi connectivity index (χ1) is 7.08. The van der Waals surface area contributed by atoms with Crippen LogP contribution >= 0.6 is 11.6 Å². The number of anilines is 1. The predicted octanol–water partition coefficient (Wildman–Crippen LogP) is 3.02. The molecule has 0 spiro atoms. The van der Waals surface area contributed by atoms with Crippen molar-refractivity contribution in [1.82, 2.24) is 5.16 Å². The van der Waals surface area contributed by atoms with E-state index in [1.54, 1.807) is 12.1 Å². The molecule has 1 heterocycles. The van der Waals surface area contributed by atoms with Crippen LogP contribution in [0.2, 0.25) is 5.02 Å². The summed E-state index contributed by atoms with van der Waals surface area (Å²) in [4.78, 5) is 0. The van der Waals surface area contributed by atoms with Crippen LogP contribution in [0.4, 0.5) is 10.2 Å². The smallest absolute Gasteiger partial charge is 0.172 e. The summed E-state index contributed by atoms with van der Waals surface area (Å²) in [5.74, 6) is -0.0453. The molecule has 0 fully saturated rings. The molecule has 0 radical (unpaired) electrons. The third kappa shape index (κ3) is 1.80. The average Bonchev–Trinajstić information content (AvgIpc) is 2.58. The lowest BCUT2D eigenvalue weighted by Crippen LogP contribution is -1.86. The second-order valence-corrected chi connectivity index (χ2v) is 3.63. The number of nitrogen functional groups attached to an aromatic ring is 1. The first kappa shape index (κ1) is 9.98. The van der Waals surface area contributed by atoms with Crippen LogP contribution in [0.5, 0.6) is 0 Å². The van der Waals surface area contributed by atoms with Crippen molar-refractivity contribution in [2.45, 2.75) is 6.92 Å². The Balaban J connectivity index is 2.62. The summed E-state index contributed by atoms with van der Waals surface area (Å²) < 4.78 is 18.5. The molecule has 2 N–H and O–H groups in total. The van der Waals surface area contributed by atoms with Gasteiger partial charge in [0.05, 0.1) is 10.6 Å². The molecule has 78 valence electrons. The first-order valence-corrected chi connectivity index (χ1v) is 4.64. The van der Waals surface area contributed by atoms with Crippen LogP contribution < -0.4 is 5.73 Å². The van der Waals surface area contributed by atoms with Crippen LogP contribution in [-0.4, -0.2) is 5.16 Å². The Hall–Kier alpha value is -1.55. The molecule has 0 saturated heterocycles. The van der Waals surface area contributed by atoms with Crippen LogP contribution in [0.15, 0.2) is 22.7 Å². The van der Waals surface area contributed by atoms with Crippen molar-refractivity contribution in [3.8, 4) is 11.3 Å². The fourth-order valence-corrected chi connectivity index (χ4v) is 1.59. The number of halogens is 2. The van der Waals surface area contributed by atoms with Crippen LogP contribution in [0.1, 0.15) is 5.56 Å². The van der Waals surface area contributed by atoms with Gasteiger partial charge in [-0.1, -0.05) is 16.8 Å². The van der Waals surface area contributed by atoms with Gasteiger partial charge in [0.15, 0.2) is 17.4 Å². The number of aromatic nitrogens is 1. The van der Waals surface area contributed by atoms with Crippen LogP contribution in [0, 0.1) is 12.7 Å². The summed E-state index contributed by atoms with van der Waals surface area (Å²) in [7, 11) is 0. The third-order valence-corrected chi connectivity index (χ3v) is 2.24. The highest BCUT2D eigenvalue weighted by molar-refractivity contribution is 6.31. The lowest BCUT2D eigenvalue weighted by molar-refractivity contribution is 0.433. The normalized spacial score (nSPS) is 10.6. The number of hydrogen-bond acceptors (Lipinski definition) is 3. The molecule has 15 heavy (non-hydrogen) atoms. The highest BCUT2D eigenvalue weighted by atomic mass is 35.5. The lowest BCUT2D eigenvalue weighted by atomic mass is 10.1. The second kappa shape index (κ2) is 3.55. The van der Waals surface area contributed by atoms with Crippen LogP contribution in [0.25, 0.3) is 11.3 Å². The Bertz CT molecular complexity index is 510. The molecule has 0 atom stereocenters. The van der Waals surface area contributed by atoms with Gasteiger partial charge in [-0.3, -0.25) is 0 Å². The van der Waals surface area contributed by atoms with E-state index in [1.807, 2.05) is 6.92 Å². The lowest BCUT2D eigenvalue weighted by Gasteiger charge is -2.02. The van der Waals surface area contributed by atoms with Gasteiger partial charge >= 0.3 is 0 Å². The number of benzene rings is 1. The maximum atomic E-state index is 13.6. The average molecular weight is 227 g/mol. The number of aryl methyl sites for hydroxylation is 1. The van der Waals surface area contributed by atoms with E-state index in [2.05, 4.69) is 5.16 Å². The zero-order valence-electron chi connectivity index (χ0n) is 7.92. The van der Waals surface area contributed by atoms with E-state index in [4.69, 9.17) is 21.9 Å². The fourth-order valence-electron chi connectivity index (χ4n) is 1.32. The van der Waals surface area contributed by atoms with Crippen molar-refractivity contribution in [3.05, 3.63) is 34.6 Å². The molecular formula is C10H8ClFN2O. The third-order valence-electron chi connectivity index (χ3n) is 1.97. The maximum absolute atomic E-state index is 13.6. The highest BCUT2D eigenvalue weighted by Gasteiger charge is 2.13. The minimum absolute atomic E-state index is 0.0555. The fraction of sp³-hybridized carbons (Fsp3) is 0.100. The molecule has 3 nitrogen and oxygen atoms in total. The summed E-state index contributed by atoms with van der Waals surface area (Å²) in [5, 5.41) is 3.54. The molecule has 1 aromatic carbocycles. The van der Waals surface area contributed by atoms with Gasteiger partial charge < -0.3 is 10.3 Å². The van der Waals surface area contributed by atoms with Gasteiger partial charge in [0.1, 0.15) is 0 Å². The topological polar surface area (TPSA) is 52.0 Å². The number of rotatable bonds is 1. The SMILES string of the molecule is Cc1cc(Cl)c(F)c(-c2cc(N)no2)c1. The molecule has 0 unspecified atom stereocenters. The standard InChI is InChI=1S/C10H8ClFN2O/c1-5-2-6(10(12)7(11)3-5)8-4-9(13)14-15-8/h2-4H,1H3,(H2,13,14). The van der Waals surface area contributed by atoms with Gasteiger partial charge in [-0.05, 0) is 24.6 Å². The van der Waals surface area contributed by atoms with Crippen molar-refractivity contribution in [1.29, 1.82) is 0 Å². The van der Waals surface area contributed by atoms with E-state index < -0.39 is 5.82 Å². The summed E-state index contributed by atoms with van der Waals surface area (Å²) >= 11 is 5.71. The van der Waals surface area contributed by atoms with E-state index in [-0.39, 0.29) is 22.2 Å². The molecule has 0 bridgehead atoms. The molecule has 0 aliphatic heterocycles. The number of hydrogen-bond donors (Lipinski definition) is 1. The molecule has 0 amide bonds. The number of nitrogens with two attached hydrogens (primary N) is 1. The van der Waals surface area contributed by atoms with Gasteiger partial charge in [-0.2, -0.15) is 0 Å². The van der Waals surface area contributed by atoms with Crippen molar-refractivity contribution in [2.75, 3.05) is 5.73 Å². The molecule has 0 aliphatic rings. The van der Waals surface area contributed by atoms with Gasteiger partial charge in [0.2, 0.25) is 0 Å². The Morgan fingerprint density at radius 3 is 2.73 bits per heavy atom. The Morgan fingerprint density at radius 1 is 1.40 bits per heavy atom. The van der Waals surface area contributed by atoms with Crippen molar-refractivity contribution < 1.29 is 8.91 Å². The molecule has 0 saturated carbocycles. The Labute approximate surface area is 90.6 Å². The van der Waals surface area contributed by atoms with Crippen molar-refractivity contribution in [2.24, 2.45) is 0 Å². The zero-order chi connectivity index (χ0) is 11.0. The minimum Gasteiger partial charge on any atom is -0.381 e. The molecule has 5 heteroatoms. The Kier molecular flexibility index (Phi) is 2.36. The molecule has 0 aliphatic carbocycles. The Morgan fingerprint density at radius 2 is 2.13 bits per heavy atom. The largest absolute Gasteiger partial charge is 0.381 e. The summed E-state index contributed by atoms with van der Waals surface area (Å²) in [6, 6.07) is 4.62. The summed E-state index contributed by atoms with van der Waals surface area (Å²) in [6.45, 7) is 1.81. The van der Waals surface area contributed by atoms with E-state index >= 15 is 0 Å². The minimum atomic E-state index is -0.529. The molecule has 2 rings (SSSR count). The quantitative estimate of drug-likeness (QED) is 0.813. The van der Waals surface area contributed by atoms with Crippen molar-refractivity contribution >= 4 is 17.4 Å². The molecule has 2 aromatic rings. The monoisotopic (exact) mass is 226 g/mol. The van der Waals surface area contributed by atoms with Gasteiger partial charge in [0, 0.05) is 6.07 Å². The van der Waals surface area contributed by atoms with Crippen LogP contribution in [0.3, 0.4) is 0 Å². The van der Waals surface area contributed by atoms with Gasteiger partial charge in [-0.25, -0.2) is 4.39 Å². The van der Waals surface area contributed by atoms with Crippen molar-refractivity contribution in [3.63, 3.8) is 0 Å². The number of nitrogens with zero attached hydrogens (tertiary/aromatic N) is 1. The predicted molar refractivity (Wildman–Crippen MR) is 56.1 cm³/mol. The molecular weight excluding hydrogens is 219 g/mol.